The van der Waals surface area contributed by atoms with E-state index in [1.165, 1.54) is 11.3 Å². The van der Waals surface area contributed by atoms with Crippen molar-refractivity contribution in [2.24, 2.45) is 5.92 Å². The van der Waals surface area contributed by atoms with Gasteiger partial charge in [0.15, 0.2) is 0 Å². The highest BCUT2D eigenvalue weighted by Crippen LogP contribution is 2.24. The molecule has 1 N–H and O–H groups in total. The average molecular weight is 298 g/mol. The number of likely N-dealkylation sites (tertiary alicyclic amines) is 1. The van der Waals surface area contributed by atoms with E-state index in [4.69, 9.17) is 0 Å². The summed E-state index contributed by atoms with van der Waals surface area (Å²) in [5.74, 6) is 0.602. The van der Waals surface area contributed by atoms with E-state index >= 15 is 0 Å². The van der Waals surface area contributed by atoms with Crippen LogP contribution in [0.5, 0.6) is 0 Å². The van der Waals surface area contributed by atoms with Crippen LogP contribution in [0.2, 0.25) is 0 Å². The Bertz CT molecular complexity index is 544. The molecular weight excluding hydrogens is 272 g/mol. The summed E-state index contributed by atoms with van der Waals surface area (Å²) in [5.41, 5.74) is 2.48. The largest absolute Gasteiger partial charge is 0.382 e. The molecule has 1 amide bonds. The Labute approximate surface area is 133 Å². The van der Waals surface area contributed by atoms with Gasteiger partial charge in [-0.3, -0.25) is 4.79 Å². The van der Waals surface area contributed by atoms with Gasteiger partial charge in [-0.1, -0.05) is 24.3 Å². The van der Waals surface area contributed by atoms with E-state index in [0.29, 0.717) is 11.9 Å². The molecule has 1 aromatic carbocycles. The molecule has 1 aliphatic heterocycles. The van der Waals surface area contributed by atoms with Crippen LogP contribution in [0.1, 0.15) is 37.7 Å². The summed E-state index contributed by atoms with van der Waals surface area (Å²) in [7, 11) is 0. The normalized spacial score (nSPS) is 22.6. The number of nitrogens with one attached hydrogen (secondary N) is 1. The summed E-state index contributed by atoms with van der Waals surface area (Å²) in [4.78, 5) is 14.6. The van der Waals surface area contributed by atoms with Crippen LogP contribution in [0, 0.1) is 12.8 Å². The number of carbonyl (C=O) groups excluding carboxylic acids is 1. The first kappa shape index (κ1) is 15.1. The quantitative estimate of drug-likeness (QED) is 0.862. The Kier molecular flexibility index (Phi) is 4.81. The van der Waals surface area contributed by atoms with Crippen molar-refractivity contribution in [3.63, 3.8) is 0 Å². The predicted octanol–water partition coefficient (Wildman–Crippen LogP) is 3.75. The van der Waals surface area contributed by atoms with Gasteiger partial charge in [-0.25, -0.2) is 0 Å². The molecule has 3 nitrogen and oxygen atoms in total. The van der Waals surface area contributed by atoms with Gasteiger partial charge in [-0.2, -0.15) is 0 Å². The van der Waals surface area contributed by atoms with Crippen molar-refractivity contribution in [3.05, 3.63) is 42.0 Å². The van der Waals surface area contributed by atoms with Gasteiger partial charge in [0.25, 0.3) is 0 Å². The molecule has 1 fully saturated rings. The summed E-state index contributed by atoms with van der Waals surface area (Å²) in [6.45, 7) is 3.90. The van der Waals surface area contributed by atoms with Crippen molar-refractivity contribution in [2.75, 3.05) is 18.4 Å². The summed E-state index contributed by atoms with van der Waals surface area (Å²) in [6, 6.07) is 9.00. The fraction of sp³-hybridized carbons (Fsp3) is 0.526. The maximum absolute atomic E-state index is 12.5. The van der Waals surface area contributed by atoms with E-state index in [1.807, 2.05) is 0 Å². The van der Waals surface area contributed by atoms with Crippen molar-refractivity contribution < 1.29 is 4.79 Å². The van der Waals surface area contributed by atoms with E-state index < -0.39 is 0 Å². The molecule has 1 saturated heterocycles. The maximum atomic E-state index is 12.5. The number of allylic oxidation sites excluding steroid dienone is 2. The van der Waals surface area contributed by atoms with E-state index in [2.05, 4.69) is 53.6 Å². The molecule has 0 saturated carbocycles. The van der Waals surface area contributed by atoms with Crippen LogP contribution < -0.4 is 5.32 Å². The lowest BCUT2D eigenvalue weighted by Gasteiger charge is -2.35. The van der Waals surface area contributed by atoms with Gasteiger partial charge in [0.2, 0.25) is 5.91 Å². The lowest BCUT2D eigenvalue weighted by molar-refractivity contribution is -0.136. The minimum absolute atomic E-state index is 0.228. The SMILES string of the molecule is Cc1cccc(NC2CCN(C(=O)C3CC=CCC3)CC2)c1. The molecule has 3 heteroatoms. The van der Waals surface area contributed by atoms with Gasteiger partial charge in [0.1, 0.15) is 0 Å². The Balaban J connectivity index is 1.49. The average Bonchev–Trinajstić information content (AvgIpc) is 2.56. The molecule has 22 heavy (non-hydrogen) atoms. The van der Waals surface area contributed by atoms with Gasteiger partial charge in [-0.05, 0) is 56.7 Å². The fourth-order valence-corrected chi connectivity index (χ4v) is 3.49. The number of hydrogen-bond acceptors (Lipinski definition) is 2. The molecule has 1 heterocycles. The van der Waals surface area contributed by atoms with Gasteiger partial charge < -0.3 is 10.2 Å². The number of anilines is 1. The summed E-state index contributed by atoms with van der Waals surface area (Å²) < 4.78 is 0. The molecule has 0 radical (unpaired) electrons. The Hall–Kier alpha value is -1.77. The molecular formula is C19H26N2O. The third-order valence-corrected chi connectivity index (χ3v) is 4.81. The second-order valence-electron chi connectivity index (χ2n) is 6.59. The number of rotatable bonds is 3. The van der Waals surface area contributed by atoms with Crippen LogP contribution in [0.15, 0.2) is 36.4 Å². The van der Waals surface area contributed by atoms with E-state index in [9.17, 15) is 4.79 Å². The number of aryl methyl sites for hydroxylation is 1. The molecule has 2 aliphatic rings. The number of piperidine rings is 1. The van der Waals surface area contributed by atoms with Crippen molar-refractivity contribution in [3.8, 4) is 0 Å². The number of hydrogen-bond donors (Lipinski definition) is 1. The first-order chi connectivity index (χ1) is 10.7. The number of nitrogens with zero attached hydrogens (tertiary/aromatic N) is 1. The Morgan fingerprint density at radius 2 is 2.00 bits per heavy atom. The van der Waals surface area contributed by atoms with E-state index in [-0.39, 0.29) is 5.92 Å². The molecule has 1 aromatic rings. The van der Waals surface area contributed by atoms with Gasteiger partial charge in [-0.15, -0.1) is 0 Å². The zero-order valence-electron chi connectivity index (χ0n) is 13.4. The maximum Gasteiger partial charge on any atom is 0.226 e. The Morgan fingerprint density at radius 1 is 1.18 bits per heavy atom. The smallest absolute Gasteiger partial charge is 0.226 e. The minimum Gasteiger partial charge on any atom is -0.382 e. The van der Waals surface area contributed by atoms with Crippen LogP contribution in [-0.4, -0.2) is 29.9 Å². The monoisotopic (exact) mass is 298 g/mol. The standard InChI is InChI=1S/C19H26N2O/c1-15-6-5-9-18(14-15)20-17-10-12-21(13-11-17)19(22)16-7-3-2-4-8-16/h2-3,5-6,9,14,16-17,20H,4,7-8,10-13H2,1H3. The van der Waals surface area contributed by atoms with Gasteiger partial charge in [0.05, 0.1) is 0 Å². The predicted molar refractivity (Wildman–Crippen MR) is 90.9 cm³/mol. The number of amides is 1. The van der Waals surface area contributed by atoms with Crippen LogP contribution in [0.3, 0.4) is 0 Å². The van der Waals surface area contributed by atoms with E-state index in [0.717, 1.165) is 45.2 Å². The minimum atomic E-state index is 0.228. The molecule has 0 bridgehead atoms. The van der Waals surface area contributed by atoms with Crippen LogP contribution >= 0.6 is 0 Å². The number of benzene rings is 1. The second kappa shape index (κ2) is 6.99. The van der Waals surface area contributed by atoms with Crippen molar-refractivity contribution in [1.29, 1.82) is 0 Å². The number of carbonyl (C=O) groups is 1. The topological polar surface area (TPSA) is 32.3 Å². The van der Waals surface area contributed by atoms with Crippen molar-refractivity contribution >= 4 is 11.6 Å². The first-order valence-electron chi connectivity index (χ1n) is 8.49. The third-order valence-electron chi connectivity index (χ3n) is 4.81. The molecule has 0 aromatic heterocycles. The van der Waals surface area contributed by atoms with Crippen molar-refractivity contribution in [1.82, 2.24) is 4.90 Å². The summed E-state index contributed by atoms with van der Waals surface area (Å²) in [6.07, 6.45) is 9.46. The lowest BCUT2D eigenvalue weighted by Crippen LogP contribution is -2.45. The third kappa shape index (κ3) is 3.70. The Morgan fingerprint density at radius 3 is 2.68 bits per heavy atom. The lowest BCUT2D eigenvalue weighted by atomic mass is 9.92. The molecule has 118 valence electrons. The van der Waals surface area contributed by atoms with Crippen LogP contribution in [0.25, 0.3) is 0 Å². The first-order valence-corrected chi connectivity index (χ1v) is 8.49. The summed E-state index contributed by atoms with van der Waals surface area (Å²) >= 11 is 0. The molecule has 1 aliphatic carbocycles. The highest BCUT2D eigenvalue weighted by Gasteiger charge is 2.28. The van der Waals surface area contributed by atoms with Crippen LogP contribution in [-0.2, 0) is 4.79 Å². The fourth-order valence-electron chi connectivity index (χ4n) is 3.49. The molecule has 0 spiro atoms. The summed E-state index contributed by atoms with van der Waals surface area (Å²) in [5, 5.41) is 3.61. The highest BCUT2D eigenvalue weighted by molar-refractivity contribution is 5.79. The van der Waals surface area contributed by atoms with Gasteiger partial charge in [0, 0.05) is 30.7 Å². The zero-order chi connectivity index (χ0) is 15.4. The molecule has 1 atom stereocenters. The van der Waals surface area contributed by atoms with Gasteiger partial charge >= 0.3 is 0 Å². The molecule has 3 rings (SSSR count). The van der Waals surface area contributed by atoms with E-state index in [1.54, 1.807) is 0 Å². The zero-order valence-corrected chi connectivity index (χ0v) is 13.4. The second-order valence-corrected chi connectivity index (χ2v) is 6.59. The van der Waals surface area contributed by atoms with Crippen molar-refractivity contribution in [2.45, 2.75) is 45.1 Å². The molecule has 1 unspecified atom stereocenters. The highest BCUT2D eigenvalue weighted by atomic mass is 16.2. The van der Waals surface area contributed by atoms with Crippen LogP contribution in [0.4, 0.5) is 5.69 Å².